The maximum Gasteiger partial charge on any atom is 0.0199 e. The van der Waals surface area contributed by atoms with Gasteiger partial charge in [-0.25, -0.2) is 0 Å². The van der Waals surface area contributed by atoms with E-state index in [1.54, 1.807) is 5.31 Å². The molecule has 1 aliphatic rings. The fraction of sp³-hybridized carbons (Fsp3) is 0.636. The van der Waals surface area contributed by atoms with Crippen molar-refractivity contribution in [3.05, 3.63) is 23.5 Å². The predicted molar refractivity (Wildman–Crippen MR) is 67.9 cm³/mol. The molecule has 0 radical (unpaired) electrons. The number of hydrogen-bond acceptors (Lipinski definition) is 0. The molecule has 0 aromatic carbocycles. The maximum atomic E-state index is 2.38. The molecule has 0 heterocycles. The van der Waals surface area contributed by atoms with Gasteiger partial charge >= 0.3 is 0 Å². The Morgan fingerprint density at radius 1 is 1.15 bits per heavy atom. The Bertz CT molecular complexity index is 214. The van der Waals surface area contributed by atoms with Gasteiger partial charge in [-0.15, -0.1) is 8.58 Å². The van der Waals surface area contributed by atoms with Gasteiger partial charge in [0.05, 0.1) is 0 Å². The first-order valence-corrected chi connectivity index (χ1v) is 7.23. The van der Waals surface area contributed by atoms with Crippen molar-refractivity contribution in [2.75, 3.05) is 0 Å². The maximum absolute atomic E-state index is 2.38. The summed E-state index contributed by atoms with van der Waals surface area (Å²) in [7, 11) is 2.10. The van der Waals surface area contributed by atoms with Crippen LogP contribution >= 0.6 is 17.2 Å². The molecule has 0 aliphatic heterocycles. The van der Waals surface area contributed by atoms with Gasteiger partial charge in [0.15, 0.2) is 0 Å². The molecule has 2 heteroatoms. The summed E-state index contributed by atoms with van der Waals surface area (Å²) < 4.78 is 0. The van der Waals surface area contributed by atoms with Crippen LogP contribution in [-0.4, -0.2) is 17.0 Å². The minimum atomic E-state index is 0.778. The number of allylic oxidation sites excluding steroid dienone is 4. The lowest BCUT2D eigenvalue weighted by Crippen LogP contribution is -2.00. The summed E-state index contributed by atoms with van der Waals surface area (Å²) in [5.74, 6) is 0. The molecule has 0 fully saturated rings. The van der Waals surface area contributed by atoms with Gasteiger partial charge in [0.1, 0.15) is 0 Å². The largest absolute Gasteiger partial charge is 0.108 e. The third-order valence-electron chi connectivity index (χ3n) is 1.88. The summed E-state index contributed by atoms with van der Waals surface area (Å²) in [6.07, 6.45) is 6.95. The van der Waals surface area contributed by atoms with Gasteiger partial charge in [0, 0.05) is 5.66 Å². The topological polar surface area (TPSA) is 0 Å². The molecular formula is C11H20P2. The summed E-state index contributed by atoms with van der Waals surface area (Å²) in [6, 6.07) is 0. The van der Waals surface area contributed by atoms with Crippen molar-refractivity contribution in [3.63, 3.8) is 0 Å². The zero-order valence-corrected chi connectivity index (χ0v) is 11.0. The van der Waals surface area contributed by atoms with Gasteiger partial charge in [0.2, 0.25) is 0 Å². The van der Waals surface area contributed by atoms with Crippen LogP contribution in [0.15, 0.2) is 23.5 Å². The van der Waals surface area contributed by atoms with E-state index in [1.807, 2.05) is 0 Å². The van der Waals surface area contributed by atoms with Gasteiger partial charge in [-0.1, -0.05) is 54.5 Å². The molecule has 0 saturated carbocycles. The summed E-state index contributed by atoms with van der Waals surface area (Å²) in [5, 5.41) is 1.68. The predicted octanol–water partition coefficient (Wildman–Crippen LogP) is 3.98. The molecule has 13 heavy (non-hydrogen) atoms. The average Bonchev–Trinajstić information content (AvgIpc) is 2.34. The molecule has 0 spiro atoms. The van der Waals surface area contributed by atoms with E-state index in [9.17, 15) is 0 Å². The van der Waals surface area contributed by atoms with Crippen molar-refractivity contribution in [3.8, 4) is 0 Å². The summed E-state index contributed by atoms with van der Waals surface area (Å²) >= 11 is 0. The van der Waals surface area contributed by atoms with Crippen LogP contribution in [0, 0.1) is 0 Å². The molecule has 0 saturated heterocycles. The molecule has 0 N–H and O–H groups in total. The summed E-state index contributed by atoms with van der Waals surface area (Å²) in [6.45, 7) is 9.27. The Labute approximate surface area is 85.8 Å². The standard InChI is InChI=1S/C11H20P2/c1-8(2)12-10-6-5-7-11(10)13-9(3)4/h5-10,12-13H,1-4H3. The molecule has 1 aliphatic carbocycles. The number of hydrogen-bond donors (Lipinski definition) is 0. The van der Waals surface area contributed by atoms with E-state index < -0.39 is 0 Å². The minimum Gasteiger partial charge on any atom is -0.108 e. The Morgan fingerprint density at radius 3 is 2.38 bits per heavy atom. The Morgan fingerprint density at radius 2 is 1.85 bits per heavy atom. The first kappa shape index (κ1) is 11.4. The van der Waals surface area contributed by atoms with E-state index in [0.717, 1.165) is 34.1 Å². The highest BCUT2D eigenvalue weighted by Crippen LogP contribution is 2.44. The molecule has 0 aromatic rings. The van der Waals surface area contributed by atoms with Crippen LogP contribution in [0.4, 0.5) is 0 Å². The molecule has 1 rings (SSSR count). The zero-order valence-electron chi connectivity index (χ0n) is 8.96. The molecule has 0 amide bonds. The van der Waals surface area contributed by atoms with E-state index >= 15 is 0 Å². The van der Waals surface area contributed by atoms with E-state index in [4.69, 9.17) is 0 Å². The van der Waals surface area contributed by atoms with Crippen LogP contribution in [0.25, 0.3) is 0 Å². The van der Waals surface area contributed by atoms with E-state index in [1.165, 1.54) is 0 Å². The van der Waals surface area contributed by atoms with Crippen LogP contribution in [-0.2, 0) is 0 Å². The normalized spacial score (nSPS) is 23.5. The summed E-state index contributed by atoms with van der Waals surface area (Å²) in [5.41, 5.74) is 2.44. The van der Waals surface area contributed by atoms with Gasteiger partial charge in [0.25, 0.3) is 0 Å². The van der Waals surface area contributed by atoms with Crippen molar-refractivity contribution in [2.45, 2.75) is 44.7 Å². The van der Waals surface area contributed by atoms with E-state index in [0.29, 0.717) is 0 Å². The fourth-order valence-corrected chi connectivity index (χ4v) is 4.30. The molecule has 0 nitrogen and oxygen atoms in total. The van der Waals surface area contributed by atoms with Gasteiger partial charge in [-0.2, -0.15) is 0 Å². The molecule has 0 bridgehead atoms. The Hall–Kier alpha value is 0.340. The van der Waals surface area contributed by atoms with Gasteiger partial charge in [-0.05, 0) is 16.6 Å². The van der Waals surface area contributed by atoms with Gasteiger partial charge < -0.3 is 0 Å². The molecule has 3 unspecified atom stereocenters. The Balaban J connectivity index is 2.47. The lowest BCUT2D eigenvalue weighted by molar-refractivity contribution is 1.08. The van der Waals surface area contributed by atoms with Crippen LogP contribution in [0.3, 0.4) is 0 Å². The zero-order chi connectivity index (χ0) is 9.84. The van der Waals surface area contributed by atoms with Crippen molar-refractivity contribution in [2.24, 2.45) is 0 Å². The Kier molecular flexibility index (Phi) is 4.63. The van der Waals surface area contributed by atoms with E-state index in [-0.39, 0.29) is 0 Å². The van der Waals surface area contributed by atoms with Crippen LogP contribution in [0.2, 0.25) is 0 Å². The third kappa shape index (κ3) is 3.92. The second kappa shape index (κ2) is 5.28. The smallest absolute Gasteiger partial charge is 0.0199 e. The molecule has 3 atom stereocenters. The fourth-order valence-electron chi connectivity index (χ4n) is 1.45. The second-order valence-electron chi connectivity index (χ2n) is 4.10. The lowest BCUT2D eigenvalue weighted by Gasteiger charge is -2.17. The third-order valence-corrected chi connectivity index (χ3v) is 5.09. The summed E-state index contributed by atoms with van der Waals surface area (Å²) in [4.78, 5) is 0. The van der Waals surface area contributed by atoms with Gasteiger partial charge in [-0.3, -0.25) is 0 Å². The van der Waals surface area contributed by atoms with Crippen molar-refractivity contribution < 1.29 is 0 Å². The highest BCUT2D eigenvalue weighted by atomic mass is 31.1. The second-order valence-corrected chi connectivity index (χ2v) is 8.24. The number of rotatable bonds is 4. The molecule has 0 aromatic heterocycles. The SMILES string of the molecule is CC(C)PC1=CC=CC1PC(C)C. The lowest BCUT2D eigenvalue weighted by atomic mass is 10.5. The van der Waals surface area contributed by atoms with Crippen molar-refractivity contribution in [1.82, 2.24) is 0 Å². The quantitative estimate of drug-likeness (QED) is 0.621. The minimum absolute atomic E-state index is 0.778. The van der Waals surface area contributed by atoms with E-state index in [2.05, 4.69) is 45.9 Å². The first-order chi connectivity index (χ1) is 6.09. The van der Waals surface area contributed by atoms with Crippen LogP contribution < -0.4 is 0 Å². The highest BCUT2D eigenvalue weighted by Gasteiger charge is 2.16. The van der Waals surface area contributed by atoms with Crippen LogP contribution in [0.5, 0.6) is 0 Å². The monoisotopic (exact) mass is 214 g/mol. The van der Waals surface area contributed by atoms with Crippen molar-refractivity contribution in [1.29, 1.82) is 0 Å². The first-order valence-electron chi connectivity index (χ1n) is 5.00. The highest BCUT2D eigenvalue weighted by molar-refractivity contribution is 7.48. The van der Waals surface area contributed by atoms with Crippen LogP contribution in [0.1, 0.15) is 27.7 Å². The van der Waals surface area contributed by atoms with Crippen molar-refractivity contribution >= 4 is 17.2 Å². The molecule has 74 valence electrons. The average molecular weight is 214 g/mol. The molecular weight excluding hydrogens is 194 g/mol.